The van der Waals surface area contributed by atoms with Crippen molar-refractivity contribution in [3.05, 3.63) is 71.0 Å². The normalized spacial score (nSPS) is 12.0. The van der Waals surface area contributed by atoms with Gasteiger partial charge < -0.3 is 10.6 Å². The molecular weight excluding hydrogens is 353 g/mol. The number of aliphatic imine (C=N–C) groups is 1. The minimum Gasteiger partial charge on any atom is -0.357 e. The first kappa shape index (κ1) is 19.9. The molecule has 0 unspecified atom stereocenters. The van der Waals surface area contributed by atoms with E-state index in [2.05, 4.69) is 15.6 Å². The Bertz CT molecular complexity index is 852. The molecule has 0 saturated heterocycles. The molecule has 0 bridgehead atoms. The van der Waals surface area contributed by atoms with E-state index in [0.29, 0.717) is 30.2 Å². The highest BCUT2D eigenvalue weighted by atomic mass is 32.2. The van der Waals surface area contributed by atoms with Crippen molar-refractivity contribution in [2.75, 3.05) is 12.8 Å². The van der Waals surface area contributed by atoms with Gasteiger partial charge in [-0.25, -0.2) is 17.8 Å². The Kier molecular flexibility index (Phi) is 7.15. The van der Waals surface area contributed by atoms with Crippen LogP contribution in [0, 0.1) is 5.82 Å². The Hall–Kier alpha value is -2.41. The molecule has 0 aliphatic heterocycles. The Labute approximate surface area is 154 Å². The quantitative estimate of drug-likeness (QED) is 0.575. The first-order valence-electron chi connectivity index (χ1n) is 8.38. The zero-order valence-corrected chi connectivity index (χ0v) is 15.8. The van der Waals surface area contributed by atoms with Crippen LogP contribution in [0.1, 0.15) is 23.6 Å². The lowest BCUT2D eigenvalue weighted by atomic mass is 10.1. The van der Waals surface area contributed by atoms with E-state index in [9.17, 15) is 12.8 Å². The van der Waals surface area contributed by atoms with Crippen molar-refractivity contribution >= 4 is 15.8 Å². The first-order valence-corrected chi connectivity index (χ1v) is 10.4. The van der Waals surface area contributed by atoms with Gasteiger partial charge >= 0.3 is 0 Å². The molecule has 0 saturated carbocycles. The van der Waals surface area contributed by atoms with E-state index in [1.54, 1.807) is 0 Å². The van der Waals surface area contributed by atoms with Gasteiger partial charge in [-0.05, 0) is 35.7 Å². The van der Waals surface area contributed by atoms with E-state index >= 15 is 0 Å². The first-order chi connectivity index (χ1) is 12.4. The minimum absolute atomic E-state index is 0.123. The predicted molar refractivity (Wildman–Crippen MR) is 103 cm³/mol. The fourth-order valence-corrected chi connectivity index (χ4v) is 3.30. The topological polar surface area (TPSA) is 70.6 Å². The number of rotatable bonds is 7. The van der Waals surface area contributed by atoms with Gasteiger partial charge in [0.15, 0.2) is 15.8 Å². The highest BCUT2D eigenvalue weighted by Gasteiger charge is 2.11. The molecule has 0 aliphatic rings. The molecule has 0 spiro atoms. The van der Waals surface area contributed by atoms with Crippen LogP contribution in [0.15, 0.2) is 53.5 Å². The van der Waals surface area contributed by atoms with Crippen LogP contribution >= 0.6 is 0 Å². The van der Waals surface area contributed by atoms with Crippen molar-refractivity contribution in [2.45, 2.75) is 25.8 Å². The van der Waals surface area contributed by atoms with Crippen LogP contribution in [0.5, 0.6) is 0 Å². The highest BCUT2D eigenvalue weighted by Crippen LogP contribution is 2.14. The van der Waals surface area contributed by atoms with Crippen LogP contribution < -0.4 is 10.6 Å². The van der Waals surface area contributed by atoms with Crippen molar-refractivity contribution in [3.63, 3.8) is 0 Å². The van der Waals surface area contributed by atoms with Gasteiger partial charge in [0.1, 0.15) is 5.82 Å². The number of sulfone groups is 1. The molecule has 2 aromatic carbocycles. The Morgan fingerprint density at radius 1 is 1.08 bits per heavy atom. The maximum Gasteiger partial charge on any atom is 0.191 e. The highest BCUT2D eigenvalue weighted by molar-refractivity contribution is 7.89. The third kappa shape index (κ3) is 6.84. The second-order valence-corrected chi connectivity index (χ2v) is 8.16. The van der Waals surface area contributed by atoms with E-state index in [1.807, 2.05) is 37.3 Å². The standard InChI is InChI=1S/C19H24FN3O2S/c1-3-21-19(22-12-15-7-5-4-6-8-15)23-13-17-11-18(20)10-9-16(17)14-26(2,24)25/h4-11H,3,12-14H2,1-2H3,(H2,21,22,23). The Morgan fingerprint density at radius 3 is 2.46 bits per heavy atom. The van der Waals surface area contributed by atoms with Gasteiger partial charge in [-0.3, -0.25) is 0 Å². The summed E-state index contributed by atoms with van der Waals surface area (Å²) in [6.07, 6.45) is 1.17. The van der Waals surface area contributed by atoms with Crippen LogP contribution in [0.2, 0.25) is 0 Å². The summed E-state index contributed by atoms with van der Waals surface area (Å²) < 4.78 is 36.8. The summed E-state index contributed by atoms with van der Waals surface area (Å²) >= 11 is 0. The Balaban J connectivity index is 2.12. The second-order valence-electron chi connectivity index (χ2n) is 6.02. The fraction of sp³-hybridized carbons (Fsp3) is 0.316. The molecule has 140 valence electrons. The SMILES string of the molecule is CCNC(=NCc1ccccc1)NCc1cc(F)ccc1CS(C)(=O)=O. The zero-order valence-electron chi connectivity index (χ0n) is 15.0. The second kappa shape index (κ2) is 9.33. The van der Waals surface area contributed by atoms with Crippen molar-refractivity contribution in [1.82, 2.24) is 10.6 Å². The minimum atomic E-state index is -3.20. The number of nitrogens with zero attached hydrogens (tertiary/aromatic N) is 1. The van der Waals surface area contributed by atoms with Crippen LogP contribution in [-0.4, -0.2) is 27.2 Å². The lowest BCUT2D eigenvalue weighted by molar-refractivity contribution is 0.599. The molecule has 0 atom stereocenters. The molecular formula is C19H24FN3O2S. The molecule has 7 heteroatoms. The number of nitrogens with one attached hydrogen (secondary N) is 2. The molecule has 26 heavy (non-hydrogen) atoms. The molecule has 0 fully saturated rings. The van der Waals surface area contributed by atoms with Gasteiger partial charge in [0.25, 0.3) is 0 Å². The number of hydrogen-bond donors (Lipinski definition) is 2. The molecule has 2 rings (SSSR count). The van der Waals surface area contributed by atoms with Crippen LogP contribution in [0.3, 0.4) is 0 Å². The van der Waals surface area contributed by atoms with Gasteiger partial charge in [-0.15, -0.1) is 0 Å². The van der Waals surface area contributed by atoms with Crippen LogP contribution in [0.4, 0.5) is 4.39 Å². The molecule has 2 aromatic rings. The van der Waals surface area contributed by atoms with Gasteiger partial charge in [0.2, 0.25) is 0 Å². The smallest absolute Gasteiger partial charge is 0.191 e. The lowest BCUT2D eigenvalue weighted by Crippen LogP contribution is -2.37. The van der Waals surface area contributed by atoms with E-state index in [-0.39, 0.29) is 12.3 Å². The molecule has 0 amide bonds. The molecule has 0 heterocycles. The van der Waals surface area contributed by atoms with Crippen LogP contribution in [-0.2, 0) is 28.7 Å². The average molecular weight is 377 g/mol. The van der Waals surface area contributed by atoms with Crippen molar-refractivity contribution < 1.29 is 12.8 Å². The third-order valence-electron chi connectivity index (χ3n) is 3.64. The summed E-state index contributed by atoms with van der Waals surface area (Å²) in [7, 11) is -3.20. The number of hydrogen-bond acceptors (Lipinski definition) is 3. The largest absolute Gasteiger partial charge is 0.357 e. The Morgan fingerprint density at radius 2 is 1.81 bits per heavy atom. The van der Waals surface area contributed by atoms with Crippen LogP contribution in [0.25, 0.3) is 0 Å². The molecule has 5 nitrogen and oxygen atoms in total. The lowest BCUT2D eigenvalue weighted by Gasteiger charge is -2.14. The third-order valence-corrected chi connectivity index (χ3v) is 4.47. The summed E-state index contributed by atoms with van der Waals surface area (Å²) in [4.78, 5) is 4.51. The van der Waals surface area contributed by atoms with E-state index in [4.69, 9.17) is 0 Å². The summed E-state index contributed by atoms with van der Waals surface area (Å²) in [6, 6.07) is 14.0. The van der Waals surface area contributed by atoms with E-state index in [0.717, 1.165) is 5.56 Å². The van der Waals surface area contributed by atoms with Crippen molar-refractivity contribution in [2.24, 2.45) is 4.99 Å². The van der Waals surface area contributed by atoms with Gasteiger partial charge in [0.05, 0.1) is 12.3 Å². The van der Waals surface area contributed by atoms with Gasteiger partial charge in [0, 0.05) is 19.3 Å². The fourth-order valence-electron chi connectivity index (χ4n) is 2.46. The molecule has 0 aromatic heterocycles. The molecule has 0 radical (unpaired) electrons. The average Bonchev–Trinajstić information content (AvgIpc) is 2.59. The van der Waals surface area contributed by atoms with Gasteiger partial charge in [-0.1, -0.05) is 36.4 Å². The molecule has 0 aliphatic carbocycles. The van der Waals surface area contributed by atoms with Gasteiger partial charge in [-0.2, -0.15) is 0 Å². The summed E-state index contributed by atoms with van der Waals surface area (Å²) in [5, 5.41) is 6.27. The summed E-state index contributed by atoms with van der Waals surface area (Å²) in [6.45, 7) is 3.43. The maximum absolute atomic E-state index is 13.6. The molecule has 2 N–H and O–H groups in total. The predicted octanol–water partition coefficient (Wildman–Crippen LogP) is 2.63. The maximum atomic E-state index is 13.6. The monoisotopic (exact) mass is 377 g/mol. The zero-order chi connectivity index (χ0) is 19.0. The van der Waals surface area contributed by atoms with Crippen molar-refractivity contribution in [1.29, 1.82) is 0 Å². The number of benzene rings is 2. The number of guanidine groups is 1. The van der Waals surface area contributed by atoms with E-state index in [1.165, 1.54) is 24.5 Å². The summed E-state index contributed by atoms with van der Waals surface area (Å²) in [5.41, 5.74) is 2.26. The van der Waals surface area contributed by atoms with Crippen molar-refractivity contribution in [3.8, 4) is 0 Å². The summed E-state index contributed by atoms with van der Waals surface area (Å²) in [5.74, 6) is 0.0679. The number of halogens is 1. The van der Waals surface area contributed by atoms with E-state index < -0.39 is 15.7 Å².